The highest BCUT2D eigenvalue weighted by Crippen LogP contribution is 2.23. The molecule has 5 heteroatoms. The minimum atomic E-state index is -1.05. The first-order valence-electron chi connectivity index (χ1n) is 3.91. The molecule has 1 aromatic carbocycles. The number of carboxylic acid groups (broad SMARTS) is 1. The van der Waals surface area contributed by atoms with Crippen molar-refractivity contribution in [1.29, 1.82) is 0 Å². The molecule has 0 radical (unpaired) electrons. The number of hydrogen-bond donors (Lipinski definition) is 2. The van der Waals surface area contributed by atoms with Gasteiger partial charge in [0.05, 0.1) is 0 Å². The Morgan fingerprint density at radius 3 is 2.71 bits per heavy atom. The van der Waals surface area contributed by atoms with Crippen LogP contribution in [0.4, 0.5) is 4.39 Å². The number of hydrogen-bond acceptors (Lipinski definition) is 2. The van der Waals surface area contributed by atoms with Gasteiger partial charge < -0.3 is 10.4 Å². The highest BCUT2D eigenvalue weighted by atomic mass is 35.5. The van der Waals surface area contributed by atoms with Gasteiger partial charge in [-0.3, -0.25) is 4.79 Å². The van der Waals surface area contributed by atoms with E-state index in [0.717, 1.165) is 6.07 Å². The molecule has 2 N–H and O–H groups in total. The molecule has 0 bridgehead atoms. The highest BCUT2D eigenvalue weighted by molar-refractivity contribution is 6.31. The second-order valence-corrected chi connectivity index (χ2v) is 3.13. The first-order valence-corrected chi connectivity index (χ1v) is 4.29. The van der Waals surface area contributed by atoms with Gasteiger partial charge in [-0.25, -0.2) is 4.39 Å². The van der Waals surface area contributed by atoms with Crippen LogP contribution >= 0.6 is 11.6 Å². The van der Waals surface area contributed by atoms with Crippen LogP contribution in [0.1, 0.15) is 11.6 Å². The van der Waals surface area contributed by atoms with Crippen molar-refractivity contribution in [2.45, 2.75) is 6.04 Å². The van der Waals surface area contributed by atoms with Crippen molar-refractivity contribution in [2.24, 2.45) is 0 Å². The summed E-state index contributed by atoms with van der Waals surface area (Å²) in [4.78, 5) is 10.8. The summed E-state index contributed by atoms with van der Waals surface area (Å²) in [5.74, 6) is -1.54. The molecule has 0 spiro atoms. The number of likely N-dealkylation sites (N-methyl/N-ethyl adjacent to an activating group) is 1. The predicted octanol–water partition coefficient (Wildman–Crippen LogP) is 1.82. The summed E-state index contributed by atoms with van der Waals surface area (Å²) in [6, 6.07) is 2.70. The molecule has 1 rings (SSSR count). The van der Waals surface area contributed by atoms with Crippen LogP contribution in [0.15, 0.2) is 18.2 Å². The molecule has 0 saturated carbocycles. The van der Waals surface area contributed by atoms with Crippen LogP contribution in [0.3, 0.4) is 0 Å². The number of halogens is 2. The van der Waals surface area contributed by atoms with Crippen LogP contribution in [0, 0.1) is 5.82 Å². The molecule has 0 aromatic heterocycles. The van der Waals surface area contributed by atoms with Gasteiger partial charge in [-0.15, -0.1) is 0 Å². The second-order valence-electron chi connectivity index (χ2n) is 2.73. The van der Waals surface area contributed by atoms with E-state index in [1.165, 1.54) is 19.2 Å². The molecule has 0 aliphatic heterocycles. The third-order valence-corrected chi connectivity index (χ3v) is 2.14. The lowest BCUT2D eigenvalue weighted by Crippen LogP contribution is -2.25. The van der Waals surface area contributed by atoms with Crippen molar-refractivity contribution in [3.63, 3.8) is 0 Å². The highest BCUT2D eigenvalue weighted by Gasteiger charge is 2.20. The fourth-order valence-corrected chi connectivity index (χ4v) is 1.42. The quantitative estimate of drug-likeness (QED) is 0.812. The molecule has 1 atom stereocenters. The van der Waals surface area contributed by atoms with Gasteiger partial charge in [0.15, 0.2) is 0 Å². The lowest BCUT2D eigenvalue weighted by molar-refractivity contribution is -0.139. The zero-order valence-electron chi connectivity index (χ0n) is 7.42. The van der Waals surface area contributed by atoms with Crippen molar-refractivity contribution in [1.82, 2.24) is 5.32 Å². The maximum absolute atomic E-state index is 12.7. The maximum Gasteiger partial charge on any atom is 0.325 e. The zero-order chi connectivity index (χ0) is 10.7. The normalized spacial score (nSPS) is 12.5. The smallest absolute Gasteiger partial charge is 0.325 e. The van der Waals surface area contributed by atoms with Gasteiger partial charge in [0, 0.05) is 5.02 Å². The molecule has 0 aliphatic rings. The fraction of sp³-hybridized carbons (Fsp3) is 0.222. The summed E-state index contributed by atoms with van der Waals surface area (Å²) in [6.07, 6.45) is 0. The molecular formula is C9H9ClFNO2. The fourth-order valence-electron chi connectivity index (χ4n) is 1.15. The first kappa shape index (κ1) is 10.9. The number of carboxylic acids is 1. The number of aliphatic carboxylic acids is 1. The Morgan fingerprint density at radius 1 is 1.64 bits per heavy atom. The average Bonchev–Trinajstić information content (AvgIpc) is 2.09. The van der Waals surface area contributed by atoms with Crippen LogP contribution < -0.4 is 5.32 Å². The summed E-state index contributed by atoms with van der Waals surface area (Å²) in [7, 11) is 1.50. The second kappa shape index (κ2) is 4.39. The predicted molar refractivity (Wildman–Crippen MR) is 50.8 cm³/mol. The molecule has 0 saturated heterocycles. The Hall–Kier alpha value is -1.13. The van der Waals surface area contributed by atoms with Gasteiger partial charge in [-0.2, -0.15) is 0 Å². The van der Waals surface area contributed by atoms with Crippen LogP contribution in [0.25, 0.3) is 0 Å². The van der Waals surface area contributed by atoms with Crippen LogP contribution in [-0.4, -0.2) is 18.1 Å². The van der Waals surface area contributed by atoms with Crippen molar-refractivity contribution in [2.75, 3.05) is 7.05 Å². The van der Waals surface area contributed by atoms with E-state index in [9.17, 15) is 9.18 Å². The largest absolute Gasteiger partial charge is 0.480 e. The maximum atomic E-state index is 12.7. The first-order chi connectivity index (χ1) is 6.56. The number of carbonyl (C=O) groups is 1. The Bertz CT molecular complexity index is 357. The molecule has 0 heterocycles. The summed E-state index contributed by atoms with van der Waals surface area (Å²) in [6.45, 7) is 0. The van der Waals surface area contributed by atoms with Gasteiger partial charge in [0.1, 0.15) is 11.9 Å². The molecule has 1 aromatic rings. The van der Waals surface area contributed by atoms with Crippen molar-refractivity contribution >= 4 is 17.6 Å². The van der Waals surface area contributed by atoms with Gasteiger partial charge in [-0.05, 0) is 24.7 Å². The number of benzene rings is 1. The van der Waals surface area contributed by atoms with Gasteiger partial charge >= 0.3 is 5.97 Å². The average molecular weight is 218 g/mol. The van der Waals surface area contributed by atoms with Crippen molar-refractivity contribution < 1.29 is 14.3 Å². The molecule has 1 unspecified atom stereocenters. The van der Waals surface area contributed by atoms with Gasteiger partial charge in [0.2, 0.25) is 0 Å². The van der Waals surface area contributed by atoms with E-state index in [2.05, 4.69) is 5.32 Å². The topological polar surface area (TPSA) is 49.3 Å². The molecular weight excluding hydrogens is 209 g/mol. The number of rotatable bonds is 3. The summed E-state index contributed by atoms with van der Waals surface area (Å²) < 4.78 is 12.7. The minimum Gasteiger partial charge on any atom is -0.480 e. The Morgan fingerprint density at radius 2 is 2.29 bits per heavy atom. The SMILES string of the molecule is CNC(C(=O)O)c1ccc(F)cc1Cl. The van der Waals surface area contributed by atoms with Crippen LogP contribution in [-0.2, 0) is 4.79 Å². The van der Waals surface area contributed by atoms with Crippen LogP contribution in [0.5, 0.6) is 0 Å². The third-order valence-electron chi connectivity index (χ3n) is 1.81. The monoisotopic (exact) mass is 217 g/mol. The summed E-state index contributed by atoms with van der Waals surface area (Å²) >= 11 is 5.70. The molecule has 14 heavy (non-hydrogen) atoms. The van der Waals surface area contributed by atoms with E-state index < -0.39 is 17.8 Å². The lowest BCUT2D eigenvalue weighted by atomic mass is 10.1. The molecule has 0 amide bonds. The summed E-state index contributed by atoms with van der Waals surface area (Å²) in [5, 5.41) is 11.5. The molecule has 0 aliphatic carbocycles. The lowest BCUT2D eigenvalue weighted by Gasteiger charge is -2.12. The Kier molecular flexibility index (Phi) is 3.43. The van der Waals surface area contributed by atoms with E-state index in [1.807, 2.05) is 0 Å². The van der Waals surface area contributed by atoms with E-state index >= 15 is 0 Å². The van der Waals surface area contributed by atoms with Crippen molar-refractivity contribution in [3.05, 3.63) is 34.6 Å². The van der Waals surface area contributed by atoms with Crippen molar-refractivity contribution in [3.8, 4) is 0 Å². The molecule has 0 fully saturated rings. The van der Waals surface area contributed by atoms with E-state index in [-0.39, 0.29) is 5.02 Å². The minimum absolute atomic E-state index is 0.103. The van der Waals surface area contributed by atoms with E-state index in [1.54, 1.807) is 0 Å². The zero-order valence-corrected chi connectivity index (χ0v) is 8.18. The van der Waals surface area contributed by atoms with E-state index in [4.69, 9.17) is 16.7 Å². The summed E-state index contributed by atoms with van der Waals surface area (Å²) in [5.41, 5.74) is 0.350. The molecule has 76 valence electrons. The molecule has 3 nitrogen and oxygen atoms in total. The number of nitrogens with one attached hydrogen (secondary N) is 1. The Labute approximate surface area is 85.5 Å². The third kappa shape index (κ3) is 2.21. The Balaban J connectivity index is 3.10. The van der Waals surface area contributed by atoms with Crippen LogP contribution in [0.2, 0.25) is 5.02 Å². The van der Waals surface area contributed by atoms with Gasteiger partial charge in [-0.1, -0.05) is 17.7 Å². The van der Waals surface area contributed by atoms with E-state index in [0.29, 0.717) is 5.56 Å². The van der Waals surface area contributed by atoms with Gasteiger partial charge in [0.25, 0.3) is 0 Å². The standard InChI is InChI=1S/C9H9ClFNO2/c1-12-8(9(13)14)6-3-2-5(11)4-7(6)10/h2-4,8,12H,1H3,(H,13,14).